The number of amides is 1. The molecule has 6 heteroatoms. The number of halogens is 2. The molecule has 1 aromatic carbocycles. The highest BCUT2D eigenvalue weighted by Crippen LogP contribution is 2.22. The zero-order valence-electron chi connectivity index (χ0n) is 9.00. The quantitative estimate of drug-likeness (QED) is 0.786. The molecule has 1 aromatic rings. The van der Waals surface area contributed by atoms with Crippen LogP contribution in [0.15, 0.2) is 18.2 Å². The second-order valence-corrected chi connectivity index (χ2v) is 5.29. The van der Waals surface area contributed by atoms with Crippen molar-refractivity contribution >= 4 is 45.8 Å². The van der Waals surface area contributed by atoms with Crippen LogP contribution in [0.4, 0.5) is 5.69 Å². The molecule has 1 atom stereocenters. The monoisotopic (exact) mass is 366 g/mol. The van der Waals surface area contributed by atoms with Gasteiger partial charge in [0.15, 0.2) is 0 Å². The van der Waals surface area contributed by atoms with Crippen LogP contribution in [-0.2, 0) is 9.53 Å². The standard InChI is InChI=1S/C11H12ClIN2O2/c12-7-1-2-9(8(13)5-7)15-11(16)10-6-17-4-3-14-10/h1-2,5,10,14H,3-4,6H2,(H,15,16). The van der Waals surface area contributed by atoms with E-state index >= 15 is 0 Å². The van der Waals surface area contributed by atoms with E-state index in [-0.39, 0.29) is 11.9 Å². The molecule has 1 heterocycles. The largest absolute Gasteiger partial charge is 0.378 e. The fourth-order valence-electron chi connectivity index (χ4n) is 1.54. The molecule has 92 valence electrons. The summed E-state index contributed by atoms with van der Waals surface area (Å²) in [5, 5.41) is 6.62. The van der Waals surface area contributed by atoms with E-state index in [9.17, 15) is 4.79 Å². The topological polar surface area (TPSA) is 50.4 Å². The lowest BCUT2D eigenvalue weighted by Gasteiger charge is -2.23. The third-order valence-electron chi connectivity index (χ3n) is 2.43. The highest BCUT2D eigenvalue weighted by Gasteiger charge is 2.21. The molecule has 1 aliphatic heterocycles. The number of benzene rings is 1. The maximum absolute atomic E-state index is 11.9. The van der Waals surface area contributed by atoms with Crippen molar-refractivity contribution in [1.29, 1.82) is 0 Å². The van der Waals surface area contributed by atoms with Gasteiger partial charge in [0.05, 0.1) is 18.9 Å². The van der Waals surface area contributed by atoms with Crippen LogP contribution in [0.3, 0.4) is 0 Å². The van der Waals surface area contributed by atoms with E-state index in [1.54, 1.807) is 12.1 Å². The van der Waals surface area contributed by atoms with Gasteiger partial charge in [-0.15, -0.1) is 0 Å². The van der Waals surface area contributed by atoms with Gasteiger partial charge in [-0.3, -0.25) is 4.79 Å². The Hall–Kier alpha value is -0.370. The van der Waals surface area contributed by atoms with Gasteiger partial charge in [-0.2, -0.15) is 0 Å². The minimum Gasteiger partial charge on any atom is -0.378 e. The van der Waals surface area contributed by atoms with Crippen molar-refractivity contribution in [2.45, 2.75) is 6.04 Å². The highest BCUT2D eigenvalue weighted by molar-refractivity contribution is 14.1. The summed E-state index contributed by atoms with van der Waals surface area (Å²) in [6.45, 7) is 1.77. The fourth-order valence-corrected chi connectivity index (χ4v) is 2.55. The van der Waals surface area contributed by atoms with Crippen LogP contribution in [0.2, 0.25) is 5.02 Å². The number of carbonyl (C=O) groups is 1. The summed E-state index contributed by atoms with van der Waals surface area (Å²) in [6.07, 6.45) is 0. The van der Waals surface area contributed by atoms with Crippen molar-refractivity contribution in [1.82, 2.24) is 5.32 Å². The zero-order chi connectivity index (χ0) is 12.3. The van der Waals surface area contributed by atoms with Crippen LogP contribution in [0.1, 0.15) is 0 Å². The van der Waals surface area contributed by atoms with Crippen molar-refractivity contribution in [3.8, 4) is 0 Å². The molecule has 2 rings (SSSR count). The van der Waals surface area contributed by atoms with Gasteiger partial charge in [0.2, 0.25) is 5.91 Å². The number of anilines is 1. The van der Waals surface area contributed by atoms with Crippen molar-refractivity contribution < 1.29 is 9.53 Å². The van der Waals surface area contributed by atoms with E-state index in [4.69, 9.17) is 16.3 Å². The summed E-state index contributed by atoms with van der Waals surface area (Å²) in [5.74, 6) is -0.0788. The van der Waals surface area contributed by atoms with Gasteiger partial charge in [0.25, 0.3) is 0 Å². The van der Waals surface area contributed by atoms with Gasteiger partial charge in [-0.1, -0.05) is 11.6 Å². The first-order valence-electron chi connectivity index (χ1n) is 5.24. The Morgan fingerprint density at radius 2 is 2.41 bits per heavy atom. The summed E-state index contributed by atoms with van der Waals surface area (Å²) in [4.78, 5) is 11.9. The predicted octanol–water partition coefficient (Wildman–Crippen LogP) is 1.87. The van der Waals surface area contributed by atoms with E-state index in [2.05, 4.69) is 33.2 Å². The van der Waals surface area contributed by atoms with E-state index in [0.717, 1.165) is 9.26 Å². The normalized spacial score (nSPS) is 20.0. The van der Waals surface area contributed by atoms with Crippen molar-refractivity contribution in [3.63, 3.8) is 0 Å². The second kappa shape index (κ2) is 5.99. The van der Waals surface area contributed by atoms with Gasteiger partial charge in [-0.25, -0.2) is 0 Å². The third-order valence-corrected chi connectivity index (χ3v) is 3.55. The zero-order valence-corrected chi connectivity index (χ0v) is 11.9. The Morgan fingerprint density at radius 3 is 3.06 bits per heavy atom. The lowest BCUT2D eigenvalue weighted by Crippen LogP contribution is -2.48. The molecule has 4 nitrogen and oxygen atoms in total. The Labute approximate surface area is 118 Å². The van der Waals surface area contributed by atoms with Gasteiger partial charge in [-0.05, 0) is 40.8 Å². The highest BCUT2D eigenvalue weighted by atomic mass is 127. The number of hydrogen-bond acceptors (Lipinski definition) is 3. The average Bonchev–Trinajstić information content (AvgIpc) is 2.34. The number of ether oxygens (including phenoxy) is 1. The van der Waals surface area contributed by atoms with Crippen molar-refractivity contribution in [2.75, 3.05) is 25.1 Å². The molecule has 1 aliphatic rings. The van der Waals surface area contributed by atoms with Gasteiger partial charge < -0.3 is 15.4 Å². The molecule has 0 saturated carbocycles. The van der Waals surface area contributed by atoms with Crippen LogP contribution in [0.5, 0.6) is 0 Å². The molecular weight excluding hydrogens is 354 g/mol. The van der Waals surface area contributed by atoms with Crippen LogP contribution in [-0.4, -0.2) is 31.7 Å². The molecule has 17 heavy (non-hydrogen) atoms. The molecule has 0 bridgehead atoms. The summed E-state index contributed by atoms with van der Waals surface area (Å²) in [5.41, 5.74) is 0.771. The molecule has 1 unspecified atom stereocenters. The number of rotatable bonds is 2. The number of hydrogen-bond donors (Lipinski definition) is 2. The van der Waals surface area contributed by atoms with E-state index in [1.807, 2.05) is 6.07 Å². The maximum Gasteiger partial charge on any atom is 0.243 e. The smallest absolute Gasteiger partial charge is 0.243 e. The summed E-state index contributed by atoms with van der Waals surface area (Å²) >= 11 is 7.99. The number of nitrogens with one attached hydrogen (secondary N) is 2. The SMILES string of the molecule is O=C(Nc1ccc(Cl)cc1I)C1COCCN1. The number of carbonyl (C=O) groups excluding carboxylic acids is 1. The van der Waals surface area contributed by atoms with E-state index in [1.165, 1.54) is 0 Å². The third kappa shape index (κ3) is 3.54. The molecule has 0 aliphatic carbocycles. The summed E-state index contributed by atoms with van der Waals surface area (Å²) < 4.78 is 6.16. The molecule has 2 N–H and O–H groups in total. The summed E-state index contributed by atoms with van der Waals surface area (Å²) in [7, 11) is 0. The van der Waals surface area contributed by atoms with Gasteiger partial charge in [0.1, 0.15) is 6.04 Å². The lowest BCUT2D eigenvalue weighted by molar-refractivity contribution is -0.120. The molecule has 0 aromatic heterocycles. The van der Waals surface area contributed by atoms with Crippen LogP contribution >= 0.6 is 34.2 Å². The Kier molecular flexibility index (Phi) is 4.61. The van der Waals surface area contributed by atoms with Gasteiger partial charge in [0, 0.05) is 15.1 Å². The molecule has 1 fully saturated rings. The Balaban J connectivity index is 2.02. The van der Waals surface area contributed by atoms with Crippen LogP contribution in [0.25, 0.3) is 0 Å². The van der Waals surface area contributed by atoms with Gasteiger partial charge >= 0.3 is 0 Å². The Bertz CT molecular complexity index is 422. The minimum absolute atomic E-state index is 0.0788. The lowest BCUT2D eigenvalue weighted by atomic mass is 10.2. The fraction of sp³-hybridized carbons (Fsp3) is 0.364. The van der Waals surface area contributed by atoms with Crippen LogP contribution in [0, 0.1) is 3.57 Å². The van der Waals surface area contributed by atoms with E-state index in [0.29, 0.717) is 24.8 Å². The molecular formula is C11H12ClIN2O2. The maximum atomic E-state index is 11.9. The van der Waals surface area contributed by atoms with Crippen molar-refractivity contribution in [3.05, 3.63) is 26.8 Å². The number of morpholine rings is 1. The first-order valence-corrected chi connectivity index (χ1v) is 6.69. The first-order chi connectivity index (χ1) is 8.16. The molecule has 0 spiro atoms. The average molecular weight is 367 g/mol. The molecule has 0 radical (unpaired) electrons. The molecule has 1 saturated heterocycles. The van der Waals surface area contributed by atoms with Crippen molar-refractivity contribution in [2.24, 2.45) is 0 Å². The Morgan fingerprint density at radius 1 is 1.59 bits per heavy atom. The minimum atomic E-state index is -0.282. The first kappa shape index (κ1) is 13.1. The van der Waals surface area contributed by atoms with Crippen LogP contribution < -0.4 is 10.6 Å². The molecule has 1 amide bonds. The van der Waals surface area contributed by atoms with E-state index < -0.39 is 0 Å². The summed E-state index contributed by atoms with van der Waals surface area (Å²) in [6, 6.07) is 5.08. The second-order valence-electron chi connectivity index (χ2n) is 3.70. The predicted molar refractivity (Wildman–Crippen MR) is 75.4 cm³/mol.